The third-order valence-corrected chi connectivity index (χ3v) is 6.61. The average Bonchev–Trinajstić information content (AvgIpc) is 2.80. The lowest BCUT2D eigenvalue weighted by molar-refractivity contribution is -0.112. The average molecular weight is 442 g/mol. The van der Waals surface area contributed by atoms with Crippen LogP contribution in [0.15, 0.2) is 30.0 Å². The van der Waals surface area contributed by atoms with Crippen LogP contribution < -0.4 is 0 Å². The number of aldehydes is 3. The third-order valence-electron chi connectivity index (χ3n) is 6.61. The zero-order valence-electron chi connectivity index (χ0n) is 20.8. The largest absolute Gasteiger partial charge is 0.375 e. The summed E-state index contributed by atoms with van der Waals surface area (Å²) in [6.07, 6.45) is 11.6. The summed E-state index contributed by atoms with van der Waals surface area (Å²) < 4.78 is 0. The second-order valence-electron chi connectivity index (χ2n) is 9.27. The van der Waals surface area contributed by atoms with E-state index in [1.54, 1.807) is 0 Å². The molecule has 3 atom stereocenters. The Morgan fingerprint density at radius 3 is 2.28 bits per heavy atom. The fourth-order valence-corrected chi connectivity index (χ4v) is 4.28. The normalized spacial score (nSPS) is 14.8. The maximum absolute atomic E-state index is 12.2. The Kier molecular flexibility index (Phi) is 13.5. The van der Waals surface area contributed by atoms with Gasteiger partial charge < -0.3 is 14.5 Å². The van der Waals surface area contributed by atoms with Crippen LogP contribution in [0, 0.1) is 17.8 Å². The minimum Gasteiger partial charge on any atom is -0.375 e. The summed E-state index contributed by atoms with van der Waals surface area (Å²) in [4.78, 5) is 36.5. The first kappa shape index (κ1) is 27.8. The summed E-state index contributed by atoms with van der Waals surface area (Å²) in [6, 6.07) is 8.33. The monoisotopic (exact) mass is 441 g/mol. The molecule has 0 spiro atoms. The van der Waals surface area contributed by atoms with E-state index in [2.05, 4.69) is 26.0 Å². The summed E-state index contributed by atoms with van der Waals surface area (Å²) in [7, 11) is 3.82. The van der Waals surface area contributed by atoms with Gasteiger partial charge in [-0.25, -0.2) is 0 Å². The highest BCUT2D eigenvalue weighted by Crippen LogP contribution is 2.36. The van der Waals surface area contributed by atoms with Crippen molar-refractivity contribution in [1.82, 2.24) is 4.90 Å². The van der Waals surface area contributed by atoms with Crippen LogP contribution in [-0.2, 0) is 20.8 Å². The molecule has 0 aliphatic heterocycles. The molecule has 0 amide bonds. The molecule has 1 aromatic rings. The van der Waals surface area contributed by atoms with Crippen LogP contribution in [0.4, 0.5) is 0 Å². The van der Waals surface area contributed by atoms with E-state index in [-0.39, 0.29) is 11.8 Å². The van der Waals surface area contributed by atoms with Gasteiger partial charge >= 0.3 is 0 Å². The lowest BCUT2D eigenvalue weighted by Crippen LogP contribution is -2.19. The summed E-state index contributed by atoms with van der Waals surface area (Å²) in [5.74, 6) is 0.489. The number of rotatable bonds is 17. The first-order valence-corrected chi connectivity index (χ1v) is 12.2. The first-order chi connectivity index (χ1) is 15.4. The smallest absolute Gasteiger partial charge is 0.166 e. The number of hydrogen-bond acceptors (Lipinski definition) is 4. The standard InChI is InChI=1S/C28H43NO3/c1-6-7-8-9-14-25(15-12-19-30)28(27(21-32)29(4)5)26-16-11-10-13-24(26)18-17-22(2)23(3)20-31/h10-11,13,16,19-23,25H,6-9,12,14-15,17-18H2,1-5H3. The Hall–Kier alpha value is -2.23. The van der Waals surface area contributed by atoms with Gasteiger partial charge in [-0.05, 0) is 54.2 Å². The topological polar surface area (TPSA) is 54.5 Å². The van der Waals surface area contributed by atoms with E-state index < -0.39 is 0 Å². The van der Waals surface area contributed by atoms with E-state index in [0.717, 1.165) is 62.1 Å². The van der Waals surface area contributed by atoms with E-state index in [0.29, 0.717) is 18.0 Å². The summed E-state index contributed by atoms with van der Waals surface area (Å²) in [5.41, 5.74) is 4.08. The highest BCUT2D eigenvalue weighted by Gasteiger charge is 2.23. The van der Waals surface area contributed by atoms with Crippen LogP contribution in [-0.4, -0.2) is 37.9 Å². The van der Waals surface area contributed by atoms with Crippen LogP contribution in [0.25, 0.3) is 5.57 Å². The minimum absolute atomic E-state index is 0.0309. The van der Waals surface area contributed by atoms with Gasteiger partial charge in [-0.15, -0.1) is 0 Å². The molecule has 1 rings (SSSR count). The number of nitrogens with zero attached hydrogens (tertiary/aromatic N) is 1. The van der Waals surface area contributed by atoms with E-state index in [9.17, 15) is 14.4 Å². The molecule has 0 radical (unpaired) electrons. The molecule has 0 saturated heterocycles. The molecule has 178 valence electrons. The molecule has 0 aromatic heterocycles. The highest BCUT2D eigenvalue weighted by atomic mass is 16.1. The van der Waals surface area contributed by atoms with Crippen molar-refractivity contribution in [3.63, 3.8) is 0 Å². The summed E-state index contributed by atoms with van der Waals surface area (Å²) in [6.45, 7) is 6.29. The fourth-order valence-electron chi connectivity index (χ4n) is 4.28. The van der Waals surface area contributed by atoms with Crippen LogP contribution in [0.5, 0.6) is 0 Å². The van der Waals surface area contributed by atoms with Gasteiger partial charge in [0.2, 0.25) is 0 Å². The maximum Gasteiger partial charge on any atom is 0.166 e. The van der Waals surface area contributed by atoms with Crippen molar-refractivity contribution < 1.29 is 14.4 Å². The number of benzene rings is 1. The predicted molar refractivity (Wildman–Crippen MR) is 133 cm³/mol. The zero-order valence-corrected chi connectivity index (χ0v) is 20.8. The lowest BCUT2D eigenvalue weighted by Gasteiger charge is -2.27. The Morgan fingerprint density at radius 1 is 0.969 bits per heavy atom. The molecule has 0 bridgehead atoms. The van der Waals surface area contributed by atoms with Crippen molar-refractivity contribution in [3.05, 3.63) is 41.1 Å². The van der Waals surface area contributed by atoms with Crippen molar-refractivity contribution in [2.24, 2.45) is 17.8 Å². The number of allylic oxidation sites excluding steroid dienone is 2. The molecule has 1 aromatic carbocycles. The second kappa shape index (κ2) is 15.6. The van der Waals surface area contributed by atoms with Crippen molar-refractivity contribution in [2.75, 3.05) is 14.1 Å². The van der Waals surface area contributed by atoms with Crippen LogP contribution in [0.1, 0.15) is 83.3 Å². The summed E-state index contributed by atoms with van der Waals surface area (Å²) >= 11 is 0. The molecule has 3 unspecified atom stereocenters. The number of carbonyl (C=O) groups is 3. The molecule has 0 aliphatic carbocycles. The van der Waals surface area contributed by atoms with Gasteiger partial charge in [-0.3, -0.25) is 4.79 Å². The predicted octanol–water partition coefficient (Wildman–Crippen LogP) is 6.13. The minimum atomic E-state index is 0.0309. The Balaban J connectivity index is 3.41. The molecular formula is C28H43NO3. The Bertz CT molecular complexity index is 738. The van der Waals surface area contributed by atoms with Crippen molar-refractivity contribution >= 4 is 24.4 Å². The molecule has 0 saturated carbocycles. The number of likely N-dealkylation sites (N-methyl/N-ethyl adjacent to an activating group) is 1. The van der Waals surface area contributed by atoms with Gasteiger partial charge in [0, 0.05) is 26.4 Å². The quantitative estimate of drug-likeness (QED) is 0.166. The molecule has 4 nitrogen and oxygen atoms in total. The van der Waals surface area contributed by atoms with Crippen molar-refractivity contribution in [2.45, 2.75) is 78.6 Å². The van der Waals surface area contributed by atoms with E-state index >= 15 is 0 Å². The third kappa shape index (κ3) is 8.72. The van der Waals surface area contributed by atoms with Crippen LogP contribution in [0.3, 0.4) is 0 Å². The Labute approximate surface area is 195 Å². The number of aryl methyl sites for hydroxylation is 1. The molecule has 0 aliphatic rings. The lowest BCUT2D eigenvalue weighted by atomic mass is 9.80. The van der Waals surface area contributed by atoms with Gasteiger partial charge in [-0.1, -0.05) is 70.7 Å². The second-order valence-corrected chi connectivity index (χ2v) is 9.27. The van der Waals surface area contributed by atoms with E-state index in [1.165, 1.54) is 24.8 Å². The molecule has 0 heterocycles. The molecule has 0 fully saturated rings. The van der Waals surface area contributed by atoms with Crippen molar-refractivity contribution in [1.29, 1.82) is 0 Å². The number of carbonyl (C=O) groups excluding carboxylic acids is 3. The first-order valence-electron chi connectivity index (χ1n) is 12.2. The fraction of sp³-hybridized carbons (Fsp3) is 0.607. The van der Waals surface area contributed by atoms with Gasteiger partial charge in [0.1, 0.15) is 12.6 Å². The van der Waals surface area contributed by atoms with Gasteiger partial charge in [0.05, 0.1) is 5.70 Å². The summed E-state index contributed by atoms with van der Waals surface area (Å²) in [5, 5.41) is 0. The Morgan fingerprint density at radius 2 is 1.69 bits per heavy atom. The van der Waals surface area contributed by atoms with Crippen LogP contribution in [0.2, 0.25) is 0 Å². The maximum atomic E-state index is 12.2. The van der Waals surface area contributed by atoms with Gasteiger partial charge in [-0.2, -0.15) is 0 Å². The van der Waals surface area contributed by atoms with Gasteiger partial charge in [0.15, 0.2) is 6.29 Å². The van der Waals surface area contributed by atoms with Gasteiger partial charge in [0.25, 0.3) is 0 Å². The SMILES string of the molecule is CCCCCCC(CCC=O)C(=C(C=O)N(C)C)c1ccccc1CCC(C)C(C)C=O. The molecular weight excluding hydrogens is 398 g/mol. The van der Waals surface area contributed by atoms with E-state index in [1.807, 2.05) is 38.1 Å². The van der Waals surface area contributed by atoms with Crippen molar-refractivity contribution in [3.8, 4) is 0 Å². The molecule has 0 N–H and O–H groups in total. The number of unbranched alkanes of at least 4 members (excludes halogenated alkanes) is 3. The zero-order chi connectivity index (χ0) is 23.9. The number of hydrogen-bond donors (Lipinski definition) is 0. The molecule has 4 heteroatoms. The highest BCUT2D eigenvalue weighted by molar-refractivity contribution is 5.89. The molecule has 32 heavy (non-hydrogen) atoms. The van der Waals surface area contributed by atoms with Crippen LogP contribution >= 0.6 is 0 Å². The van der Waals surface area contributed by atoms with E-state index in [4.69, 9.17) is 0 Å².